The quantitative estimate of drug-likeness (QED) is 0.851. The van der Waals surface area contributed by atoms with Crippen molar-refractivity contribution >= 4 is 11.2 Å². The van der Waals surface area contributed by atoms with Gasteiger partial charge in [-0.3, -0.25) is 0 Å². The summed E-state index contributed by atoms with van der Waals surface area (Å²) in [7, 11) is 1.74. The van der Waals surface area contributed by atoms with Crippen LogP contribution in [0.5, 0.6) is 0 Å². The van der Waals surface area contributed by atoms with Gasteiger partial charge in [0.15, 0.2) is 5.65 Å². The fourth-order valence-electron chi connectivity index (χ4n) is 3.39. The van der Waals surface area contributed by atoms with E-state index in [0.29, 0.717) is 18.7 Å². The molecule has 0 spiro atoms. The molecule has 2 aromatic heterocycles. The summed E-state index contributed by atoms with van der Waals surface area (Å²) in [6, 6.07) is 5.15. The zero-order chi connectivity index (χ0) is 15.5. The van der Waals surface area contributed by atoms with Gasteiger partial charge in [0.05, 0.1) is 6.61 Å². The van der Waals surface area contributed by atoms with E-state index in [4.69, 9.17) is 9.72 Å². The van der Waals surface area contributed by atoms with Crippen LogP contribution in [0.3, 0.4) is 0 Å². The highest BCUT2D eigenvalue weighted by Crippen LogP contribution is 2.28. The molecule has 2 aromatic rings. The van der Waals surface area contributed by atoms with E-state index in [-0.39, 0.29) is 0 Å². The minimum atomic E-state index is 0.502. The second-order valence-electron chi connectivity index (χ2n) is 6.35. The minimum Gasteiger partial charge on any atom is -0.384 e. The van der Waals surface area contributed by atoms with Crippen molar-refractivity contribution in [2.45, 2.75) is 45.2 Å². The van der Waals surface area contributed by atoms with E-state index < -0.39 is 0 Å². The van der Waals surface area contributed by atoms with Gasteiger partial charge in [-0.1, -0.05) is 0 Å². The monoisotopic (exact) mass is 302 g/mol. The molecule has 0 amide bonds. The number of fused-ring (bicyclic) bond motifs is 1. The first-order valence-corrected chi connectivity index (χ1v) is 8.25. The topological polar surface area (TPSA) is 43.2 Å². The zero-order valence-corrected chi connectivity index (χ0v) is 13.8. The van der Waals surface area contributed by atoms with Crippen LogP contribution in [-0.4, -0.2) is 52.3 Å². The average Bonchev–Trinajstić information content (AvgIpc) is 2.91. The Bertz CT molecular complexity index is 614. The van der Waals surface area contributed by atoms with E-state index in [2.05, 4.69) is 34.4 Å². The molecule has 0 saturated carbocycles. The maximum absolute atomic E-state index is 5.25. The molecule has 0 bridgehead atoms. The molecule has 5 heteroatoms. The summed E-state index contributed by atoms with van der Waals surface area (Å²) in [5.41, 5.74) is 2.02. The van der Waals surface area contributed by atoms with Crippen molar-refractivity contribution in [3.63, 3.8) is 0 Å². The molecule has 1 fully saturated rings. The zero-order valence-electron chi connectivity index (χ0n) is 13.8. The number of imidazole rings is 1. The lowest BCUT2D eigenvalue weighted by molar-refractivity contribution is 0.150. The summed E-state index contributed by atoms with van der Waals surface area (Å²) in [5, 5.41) is 0. The van der Waals surface area contributed by atoms with Crippen LogP contribution >= 0.6 is 0 Å². The molecular formula is C17H26N4O. The molecule has 1 aliphatic rings. The number of pyridine rings is 1. The molecule has 0 atom stereocenters. The maximum Gasteiger partial charge on any atom is 0.160 e. The van der Waals surface area contributed by atoms with Gasteiger partial charge in [-0.05, 0) is 38.8 Å². The van der Waals surface area contributed by atoms with Crippen molar-refractivity contribution in [3.05, 3.63) is 24.2 Å². The molecule has 0 radical (unpaired) electrons. The Balaban J connectivity index is 1.88. The molecular weight excluding hydrogens is 276 g/mol. The first-order valence-electron chi connectivity index (χ1n) is 8.25. The summed E-state index contributed by atoms with van der Waals surface area (Å²) in [4.78, 5) is 11.9. The van der Waals surface area contributed by atoms with Gasteiger partial charge in [-0.15, -0.1) is 0 Å². The number of piperidine rings is 1. The van der Waals surface area contributed by atoms with Gasteiger partial charge < -0.3 is 14.2 Å². The SMILES string of the molecule is COCCc1nc2cccnc2n1C1CCN(C(C)C)CC1. The van der Waals surface area contributed by atoms with E-state index in [1.54, 1.807) is 7.11 Å². The highest BCUT2D eigenvalue weighted by Gasteiger charge is 2.25. The lowest BCUT2D eigenvalue weighted by Crippen LogP contribution is -2.39. The predicted octanol–water partition coefficient (Wildman–Crippen LogP) is 2.67. The van der Waals surface area contributed by atoms with E-state index in [9.17, 15) is 0 Å². The largest absolute Gasteiger partial charge is 0.384 e. The molecule has 0 unspecified atom stereocenters. The molecule has 1 aliphatic heterocycles. The number of nitrogens with zero attached hydrogens (tertiary/aromatic N) is 4. The smallest absolute Gasteiger partial charge is 0.160 e. The van der Waals surface area contributed by atoms with Crippen molar-refractivity contribution in [2.75, 3.05) is 26.8 Å². The molecule has 3 heterocycles. The third-order valence-corrected chi connectivity index (χ3v) is 4.65. The summed E-state index contributed by atoms with van der Waals surface area (Å²) in [5.74, 6) is 1.11. The molecule has 1 saturated heterocycles. The number of rotatable bonds is 5. The first kappa shape index (κ1) is 15.4. The third-order valence-electron chi connectivity index (χ3n) is 4.65. The van der Waals surface area contributed by atoms with Crippen LogP contribution in [0, 0.1) is 0 Å². The van der Waals surface area contributed by atoms with Crippen molar-refractivity contribution in [3.8, 4) is 0 Å². The lowest BCUT2D eigenvalue weighted by Gasteiger charge is -2.35. The third kappa shape index (κ3) is 3.01. The normalized spacial score (nSPS) is 17.6. The van der Waals surface area contributed by atoms with Crippen molar-refractivity contribution in [1.82, 2.24) is 19.4 Å². The number of aromatic nitrogens is 3. The van der Waals surface area contributed by atoms with E-state index in [1.165, 1.54) is 12.8 Å². The summed E-state index contributed by atoms with van der Waals surface area (Å²) in [6.07, 6.45) is 5.04. The van der Waals surface area contributed by atoms with Crippen LogP contribution in [0.25, 0.3) is 11.2 Å². The Morgan fingerprint density at radius 3 is 2.77 bits per heavy atom. The second-order valence-corrected chi connectivity index (χ2v) is 6.35. The Kier molecular flexibility index (Phi) is 4.74. The summed E-state index contributed by atoms with van der Waals surface area (Å²) < 4.78 is 7.62. The summed E-state index contributed by atoms with van der Waals surface area (Å²) in [6.45, 7) is 7.56. The van der Waals surface area contributed by atoms with E-state index in [1.807, 2.05) is 12.3 Å². The lowest BCUT2D eigenvalue weighted by atomic mass is 10.0. The summed E-state index contributed by atoms with van der Waals surface area (Å²) >= 11 is 0. The molecule has 5 nitrogen and oxygen atoms in total. The van der Waals surface area contributed by atoms with Crippen LogP contribution in [0.1, 0.15) is 38.6 Å². The van der Waals surface area contributed by atoms with Crippen LogP contribution in [0.4, 0.5) is 0 Å². The van der Waals surface area contributed by atoms with Crippen LogP contribution < -0.4 is 0 Å². The van der Waals surface area contributed by atoms with Gasteiger partial charge in [0, 0.05) is 44.9 Å². The van der Waals surface area contributed by atoms with Crippen LogP contribution in [-0.2, 0) is 11.2 Å². The maximum atomic E-state index is 5.25. The fourth-order valence-corrected chi connectivity index (χ4v) is 3.39. The van der Waals surface area contributed by atoms with Gasteiger partial charge in [0.1, 0.15) is 11.3 Å². The number of hydrogen-bond donors (Lipinski definition) is 0. The van der Waals surface area contributed by atoms with Gasteiger partial charge in [-0.25, -0.2) is 9.97 Å². The highest BCUT2D eigenvalue weighted by molar-refractivity contribution is 5.71. The van der Waals surface area contributed by atoms with E-state index in [0.717, 1.165) is 36.5 Å². The minimum absolute atomic E-state index is 0.502. The molecule has 0 aromatic carbocycles. The molecule has 0 aliphatic carbocycles. The van der Waals surface area contributed by atoms with E-state index >= 15 is 0 Å². The Morgan fingerprint density at radius 1 is 1.32 bits per heavy atom. The number of likely N-dealkylation sites (tertiary alicyclic amines) is 1. The van der Waals surface area contributed by atoms with Gasteiger partial charge >= 0.3 is 0 Å². The molecule has 3 rings (SSSR count). The Labute approximate surface area is 132 Å². The van der Waals surface area contributed by atoms with Crippen LogP contribution in [0.15, 0.2) is 18.3 Å². The standard InChI is InChI=1S/C17H26N4O/c1-13(2)20-10-6-14(7-11-20)21-16(8-12-22-3)19-15-5-4-9-18-17(15)21/h4-5,9,13-14H,6-8,10-12H2,1-3H3. The molecule has 22 heavy (non-hydrogen) atoms. The number of methoxy groups -OCH3 is 1. The van der Waals surface area contributed by atoms with Gasteiger partial charge in [0.25, 0.3) is 0 Å². The first-order chi connectivity index (χ1) is 10.7. The predicted molar refractivity (Wildman–Crippen MR) is 88.1 cm³/mol. The van der Waals surface area contributed by atoms with Crippen molar-refractivity contribution < 1.29 is 4.74 Å². The molecule has 0 N–H and O–H groups in total. The van der Waals surface area contributed by atoms with Crippen molar-refractivity contribution in [1.29, 1.82) is 0 Å². The number of hydrogen-bond acceptors (Lipinski definition) is 4. The van der Waals surface area contributed by atoms with Crippen LogP contribution in [0.2, 0.25) is 0 Å². The second kappa shape index (κ2) is 6.75. The van der Waals surface area contributed by atoms with Gasteiger partial charge in [0.2, 0.25) is 0 Å². The van der Waals surface area contributed by atoms with Crippen molar-refractivity contribution in [2.24, 2.45) is 0 Å². The highest BCUT2D eigenvalue weighted by atomic mass is 16.5. The number of ether oxygens (including phenoxy) is 1. The molecule has 120 valence electrons. The fraction of sp³-hybridized carbons (Fsp3) is 0.647. The Morgan fingerprint density at radius 2 is 2.09 bits per heavy atom. The Hall–Kier alpha value is -1.46. The van der Waals surface area contributed by atoms with Gasteiger partial charge in [-0.2, -0.15) is 0 Å². The average molecular weight is 302 g/mol.